The molecule has 1 aromatic heterocycles. The molecule has 1 aliphatic heterocycles. The fourth-order valence-electron chi connectivity index (χ4n) is 3.82. The lowest BCUT2D eigenvalue weighted by molar-refractivity contribution is -0.123. The van der Waals surface area contributed by atoms with Crippen molar-refractivity contribution in [3.05, 3.63) is 95.7 Å². The van der Waals surface area contributed by atoms with Gasteiger partial charge in [-0.1, -0.05) is 54.6 Å². The van der Waals surface area contributed by atoms with Gasteiger partial charge in [0, 0.05) is 43.4 Å². The second-order valence-electron chi connectivity index (χ2n) is 7.89. The number of nitrogens with zero attached hydrogens (tertiary/aromatic N) is 2. The molecule has 7 nitrogen and oxygen atoms in total. The summed E-state index contributed by atoms with van der Waals surface area (Å²) < 4.78 is 5.44. The van der Waals surface area contributed by atoms with Gasteiger partial charge in [0.1, 0.15) is 11.9 Å². The van der Waals surface area contributed by atoms with Crippen LogP contribution in [0.3, 0.4) is 0 Å². The average Bonchev–Trinajstić information content (AvgIpc) is 2.88. The van der Waals surface area contributed by atoms with Crippen LogP contribution < -0.4 is 15.5 Å². The predicted octanol–water partition coefficient (Wildman–Crippen LogP) is 2.58. The Morgan fingerprint density at radius 2 is 1.64 bits per heavy atom. The summed E-state index contributed by atoms with van der Waals surface area (Å²) in [6, 6.07) is 21.7. The van der Waals surface area contributed by atoms with Gasteiger partial charge in [0.05, 0.1) is 13.2 Å². The smallest absolute Gasteiger partial charge is 0.251 e. The highest BCUT2D eigenvalue weighted by atomic mass is 16.5. The van der Waals surface area contributed by atoms with Crippen molar-refractivity contribution in [1.29, 1.82) is 0 Å². The molecule has 0 saturated carbocycles. The predicted molar refractivity (Wildman–Crippen MR) is 127 cm³/mol. The molecule has 2 N–H and O–H groups in total. The molecular formula is C26H28N4O3. The van der Waals surface area contributed by atoms with Crippen LogP contribution in [-0.2, 0) is 22.5 Å². The van der Waals surface area contributed by atoms with Crippen molar-refractivity contribution in [1.82, 2.24) is 15.6 Å². The van der Waals surface area contributed by atoms with Crippen molar-refractivity contribution in [2.45, 2.75) is 19.0 Å². The summed E-state index contributed by atoms with van der Waals surface area (Å²) in [5.74, 6) is 0.344. The van der Waals surface area contributed by atoms with E-state index in [9.17, 15) is 9.59 Å². The number of pyridine rings is 1. The summed E-state index contributed by atoms with van der Waals surface area (Å²) in [4.78, 5) is 32.7. The molecule has 4 rings (SSSR count). The number of anilines is 1. The van der Waals surface area contributed by atoms with Crippen LogP contribution in [0, 0.1) is 0 Å². The number of carbonyl (C=O) groups is 2. The van der Waals surface area contributed by atoms with E-state index in [1.807, 2.05) is 48.5 Å². The first kappa shape index (κ1) is 22.5. The highest BCUT2D eigenvalue weighted by Gasteiger charge is 2.23. The summed E-state index contributed by atoms with van der Waals surface area (Å²) in [5, 5.41) is 5.91. The zero-order chi connectivity index (χ0) is 22.9. The number of morpholine rings is 1. The van der Waals surface area contributed by atoms with Gasteiger partial charge in [0.15, 0.2) is 0 Å². The maximum absolute atomic E-state index is 13.2. The molecule has 2 aromatic carbocycles. The van der Waals surface area contributed by atoms with Crippen LogP contribution in [0.25, 0.3) is 0 Å². The van der Waals surface area contributed by atoms with E-state index >= 15 is 0 Å². The number of aromatic nitrogens is 1. The minimum absolute atomic E-state index is 0.236. The van der Waals surface area contributed by atoms with Gasteiger partial charge in [-0.15, -0.1) is 0 Å². The lowest BCUT2D eigenvalue weighted by atomic mass is 10.0. The lowest BCUT2D eigenvalue weighted by Gasteiger charge is -2.29. The van der Waals surface area contributed by atoms with E-state index in [1.165, 1.54) is 0 Å². The number of nitrogens with one attached hydrogen (secondary N) is 2. The number of rotatable bonds is 8. The summed E-state index contributed by atoms with van der Waals surface area (Å²) in [6.07, 6.45) is 2.16. The van der Waals surface area contributed by atoms with E-state index in [4.69, 9.17) is 4.74 Å². The summed E-state index contributed by atoms with van der Waals surface area (Å²) >= 11 is 0. The maximum atomic E-state index is 13.2. The van der Waals surface area contributed by atoms with E-state index < -0.39 is 6.04 Å². The standard InChI is InChI=1S/C26H28N4O3/c31-25(21-10-5-2-6-11-21)29-23(18-20-8-3-1-4-9-20)26(32)28-19-22-12-7-13-27-24(22)30-14-16-33-17-15-30/h1-13,23H,14-19H2,(H,28,32)(H,29,31). The molecule has 2 heterocycles. The first-order chi connectivity index (χ1) is 16.2. The quantitative estimate of drug-likeness (QED) is 0.558. The zero-order valence-corrected chi connectivity index (χ0v) is 18.4. The molecule has 170 valence electrons. The SMILES string of the molecule is O=C(NC(Cc1ccccc1)C(=O)NCc1cccnc1N1CCOCC1)c1ccccc1. The molecule has 0 spiro atoms. The van der Waals surface area contributed by atoms with Crippen molar-refractivity contribution >= 4 is 17.6 Å². The number of carbonyl (C=O) groups excluding carboxylic acids is 2. The Balaban J connectivity index is 1.46. The van der Waals surface area contributed by atoms with Gasteiger partial charge in [0.2, 0.25) is 5.91 Å². The molecular weight excluding hydrogens is 416 g/mol. The summed E-state index contributed by atoms with van der Waals surface area (Å²) in [6.45, 7) is 3.18. The Morgan fingerprint density at radius 1 is 0.939 bits per heavy atom. The fraction of sp³-hybridized carbons (Fsp3) is 0.269. The number of amides is 2. The number of hydrogen-bond donors (Lipinski definition) is 2. The van der Waals surface area contributed by atoms with Crippen LogP contribution in [0.1, 0.15) is 21.5 Å². The van der Waals surface area contributed by atoms with Crippen molar-refractivity contribution in [3.63, 3.8) is 0 Å². The van der Waals surface area contributed by atoms with Gasteiger partial charge in [-0.2, -0.15) is 0 Å². The second-order valence-corrected chi connectivity index (χ2v) is 7.89. The fourth-order valence-corrected chi connectivity index (χ4v) is 3.82. The third-order valence-electron chi connectivity index (χ3n) is 5.57. The largest absolute Gasteiger partial charge is 0.378 e. The second kappa shape index (κ2) is 11.2. The number of hydrogen-bond acceptors (Lipinski definition) is 5. The maximum Gasteiger partial charge on any atom is 0.251 e. The van der Waals surface area contributed by atoms with Gasteiger partial charge < -0.3 is 20.3 Å². The van der Waals surface area contributed by atoms with Gasteiger partial charge >= 0.3 is 0 Å². The summed E-state index contributed by atoms with van der Waals surface area (Å²) in [7, 11) is 0. The number of ether oxygens (including phenoxy) is 1. The molecule has 2 amide bonds. The molecule has 1 unspecified atom stereocenters. The molecule has 1 fully saturated rings. The number of benzene rings is 2. The van der Waals surface area contributed by atoms with E-state index in [2.05, 4.69) is 20.5 Å². The Morgan fingerprint density at radius 3 is 2.36 bits per heavy atom. The molecule has 0 radical (unpaired) electrons. The van der Waals surface area contributed by atoms with Crippen LogP contribution in [0.5, 0.6) is 0 Å². The van der Waals surface area contributed by atoms with Gasteiger partial charge in [-0.05, 0) is 23.8 Å². The van der Waals surface area contributed by atoms with E-state index in [0.29, 0.717) is 31.7 Å². The molecule has 1 saturated heterocycles. The van der Waals surface area contributed by atoms with Crippen molar-refractivity contribution < 1.29 is 14.3 Å². The topological polar surface area (TPSA) is 83.6 Å². The Bertz CT molecular complexity index is 1050. The molecule has 7 heteroatoms. The van der Waals surface area contributed by atoms with Crippen molar-refractivity contribution in [2.75, 3.05) is 31.2 Å². The molecule has 3 aromatic rings. The average molecular weight is 445 g/mol. The normalized spacial score (nSPS) is 14.4. The third-order valence-corrected chi connectivity index (χ3v) is 5.57. The van der Waals surface area contributed by atoms with Gasteiger partial charge in [-0.25, -0.2) is 4.98 Å². The van der Waals surface area contributed by atoms with Gasteiger partial charge in [0.25, 0.3) is 5.91 Å². The highest BCUT2D eigenvalue weighted by molar-refractivity contribution is 5.97. The van der Waals surface area contributed by atoms with E-state index in [0.717, 1.165) is 30.0 Å². The third kappa shape index (κ3) is 6.17. The van der Waals surface area contributed by atoms with Crippen molar-refractivity contribution in [2.24, 2.45) is 0 Å². The molecule has 1 atom stereocenters. The molecule has 0 bridgehead atoms. The van der Waals surface area contributed by atoms with Crippen LogP contribution >= 0.6 is 0 Å². The van der Waals surface area contributed by atoms with Crippen LogP contribution in [-0.4, -0.2) is 49.1 Å². The van der Waals surface area contributed by atoms with Crippen LogP contribution in [0.2, 0.25) is 0 Å². The first-order valence-electron chi connectivity index (χ1n) is 11.1. The van der Waals surface area contributed by atoms with Crippen LogP contribution in [0.4, 0.5) is 5.82 Å². The highest BCUT2D eigenvalue weighted by Crippen LogP contribution is 2.18. The van der Waals surface area contributed by atoms with E-state index in [-0.39, 0.29) is 11.8 Å². The Labute approximate surface area is 193 Å². The van der Waals surface area contributed by atoms with Crippen LogP contribution in [0.15, 0.2) is 79.0 Å². The lowest BCUT2D eigenvalue weighted by Crippen LogP contribution is -2.48. The Kier molecular flexibility index (Phi) is 7.66. The minimum atomic E-state index is -0.705. The molecule has 33 heavy (non-hydrogen) atoms. The molecule has 1 aliphatic rings. The monoisotopic (exact) mass is 444 g/mol. The van der Waals surface area contributed by atoms with E-state index in [1.54, 1.807) is 30.5 Å². The van der Waals surface area contributed by atoms with Crippen molar-refractivity contribution in [3.8, 4) is 0 Å². The summed E-state index contributed by atoms with van der Waals surface area (Å²) in [5.41, 5.74) is 2.42. The van der Waals surface area contributed by atoms with Gasteiger partial charge in [-0.3, -0.25) is 9.59 Å². The Hall–Kier alpha value is -3.71. The zero-order valence-electron chi connectivity index (χ0n) is 18.4. The first-order valence-corrected chi connectivity index (χ1v) is 11.1. The molecule has 0 aliphatic carbocycles. The minimum Gasteiger partial charge on any atom is -0.378 e.